The second-order valence-electron chi connectivity index (χ2n) is 9.33. The molecule has 2 heteroatoms. The fraction of sp³-hybridized carbons (Fsp3) is 0.850. The maximum absolute atomic E-state index is 12.0. The van der Waals surface area contributed by atoms with Crippen LogP contribution in [0.1, 0.15) is 72.1 Å². The Bertz CT molecular complexity index is 550. The highest BCUT2D eigenvalue weighted by atomic mass is 16.4. The number of rotatable bonds is 1. The summed E-state index contributed by atoms with van der Waals surface area (Å²) in [6, 6.07) is 0. The molecule has 0 aromatic heterocycles. The molecule has 6 atom stereocenters. The first-order valence-corrected chi connectivity index (χ1v) is 9.25. The average molecular weight is 302 g/mol. The van der Waals surface area contributed by atoms with Gasteiger partial charge in [0, 0.05) is 0 Å². The SMILES string of the molecule is CC1=CC23CCC4C(C)(C(=O)O)CCCC4(C)C2CCC1C3. The molecule has 0 aromatic carbocycles. The van der Waals surface area contributed by atoms with Gasteiger partial charge in [-0.3, -0.25) is 4.79 Å². The number of carboxylic acid groups (broad SMARTS) is 1. The lowest BCUT2D eigenvalue weighted by molar-refractivity contribution is -0.177. The zero-order valence-electron chi connectivity index (χ0n) is 14.3. The monoisotopic (exact) mass is 302 g/mol. The second-order valence-corrected chi connectivity index (χ2v) is 9.33. The molecule has 0 saturated heterocycles. The van der Waals surface area contributed by atoms with Gasteiger partial charge in [-0.1, -0.05) is 25.0 Å². The van der Waals surface area contributed by atoms with E-state index in [1.54, 1.807) is 5.57 Å². The third-order valence-electron chi connectivity index (χ3n) is 8.44. The van der Waals surface area contributed by atoms with Crippen molar-refractivity contribution in [3.8, 4) is 0 Å². The van der Waals surface area contributed by atoms with Gasteiger partial charge in [0.25, 0.3) is 0 Å². The maximum Gasteiger partial charge on any atom is 0.309 e. The molecule has 2 bridgehead atoms. The first-order chi connectivity index (χ1) is 10.3. The normalized spacial score (nSPS) is 53.4. The van der Waals surface area contributed by atoms with Crippen LogP contribution in [0.2, 0.25) is 0 Å². The van der Waals surface area contributed by atoms with Crippen LogP contribution in [0.15, 0.2) is 11.6 Å². The highest BCUT2D eigenvalue weighted by molar-refractivity contribution is 5.75. The Hall–Kier alpha value is -0.790. The first kappa shape index (κ1) is 14.8. The van der Waals surface area contributed by atoms with E-state index < -0.39 is 11.4 Å². The molecule has 1 N–H and O–H groups in total. The van der Waals surface area contributed by atoms with E-state index in [1.165, 1.54) is 32.1 Å². The van der Waals surface area contributed by atoms with Crippen molar-refractivity contribution < 1.29 is 9.90 Å². The van der Waals surface area contributed by atoms with Gasteiger partial charge in [0.2, 0.25) is 0 Å². The molecule has 4 rings (SSSR count). The molecule has 3 fully saturated rings. The van der Waals surface area contributed by atoms with Gasteiger partial charge in [-0.05, 0) is 87.4 Å². The Morgan fingerprint density at radius 2 is 1.91 bits per heavy atom. The van der Waals surface area contributed by atoms with Gasteiger partial charge in [-0.25, -0.2) is 0 Å². The van der Waals surface area contributed by atoms with Crippen LogP contribution in [0.5, 0.6) is 0 Å². The minimum Gasteiger partial charge on any atom is -0.481 e. The number of allylic oxidation sites excluding steroid dienone is 2. The van der Waals surface area contributed by atoms with E-state index in [9.17, 15) is 9.90 Å². The molecule has 3 saturated carbocycles. The predicted molar refractivity (Wildman–Crippen MR) is 87.4 cm³/mol. The van der Waals surface area contributed by atoms with Crippen molar-refractivity contribution in [2.24, 2.45) is 34.0 Å². The van der Waals surface area contributed by atoms with E-state index in [1.807, 2.05) is 6.92 Å². The van der Waals surface area contributed by atoms with Gasteiger partial charge in [0.15, 0.2) is 0 Å². The van der Waals surface area contributed by atoms with Crippen LogP contribution in [0.4, 0.5) is 0 Å². The second kappa shape index (κ2) is 4.39. The third kappa shape index (κ3) is 1.65. The summed E-state index contributed by atoms with van der Waals surface area (Å²) in [7, 11) is 0. The van der Waals surface area contributed by atoms with Crippen LogP contribution in [0.3, 0.4) is 0 Å². The van der Waals surface area contributed by atoms with Gasteiger partial charge in [0.1, 0.15) is 0 Å². The molecule has 22 heavy (non-hydrogen) atoms. The molecule has 4 aliphatic carbocycles. The number of fused-ring (bicyclic) bond motifs is 3. The molecule has 122 valence electrons. The van der Waals surface area contributed by atoms with E-state index in [-0.39, 0.29) is 5.41 Å². The minimum absolute atomic E-state index is 0.232. The fourth-order valence-electron chi connectivity index (χ4n) is 7.46. The smallest absolute Gasteiger partial charge is 0.309 e. The van der Waals surface area contributed by atoms with Gasteiger partial charge in [-0.2, -0.15) is 0 Å². The van der Waals surface area contributed by atoms with Crippen LogP contribution in [-0.2, 0) is 4.79 Å². The molecule has 1 spiro atoms. The highest BCUT2D eigenvalue weighted by Gasteiger charge is 2.64. The van der Waals surface area contributed by atoms with Crippen LogP contribution in [0.25, 0.3) is 0 Å². The lowest BCUT2D eigenvalue weighted by Crippen LogP contribution is -2.58. The maximum atomic E-state index is 12.0. The van der Waals surface area contributed by atoms with Crippen molar-refractivity contribution >= 4 is 5.97 Å². The Kier molecular flexibility index (Phi) is 2.95. The van der Waals surface area contributed by atoms with Crippen molar-refractivity contribution in [3.05, 3.63) is 11.6 Å². The first-order valence-electron chi connectivity index (χ1n) is 9.25. The van der Waals surface area contributed by atoms with Crippen LogP contribution >= 0.6 is 0 Å². The van der Waals surface area contributed by atoms with E-state index in [2.05, 4.69) is 19.9 Å². The summed E-state index contributed by atoms with van der Waals surface area (Å²) < 4.78 is 0. The number of aliphatic carboxylic acids is 1. The highest BCUT2D eigenvalue weighted by Crippen LogP contribution is 2.70. The summed E-state index contributed by atoms with van der Waals surface area (Å²) in [6.07, 6.45) is 12.2. The van der Waals surface area contributed by atoms with Gasteiger partial charge < -0.3 is 5.11 Å². The molecule has 0 radical (unpaired) electrons. The summed E-state index contributed by atoms with van der Waals surface area (Å²) in [4.78, 5) is 12.0. The molecular weight excluding hydrogens is 272 g/mol. The molecule has 0 aliphatic heterocycles. The van der Waals surface area contributed by atoms with Crippen molar-refractivity contribution in [1.82, 2.24) is 0 Å². The molecule has 0 amide bonds. The van der Waals surface area contributed by atoms with E-state index in [0.29, 0.717) is 17.3 Å². The molecule has 4 aliphatic rings. The number of carbonyl (C=O) groups is 1. The zero-order chi connectivity index (χ0) is 15.8. The molecule has 0 aromatic rings. The standard InChI is InChI=1S/C20H30O2/c1-13-11-20-10-7-15-18(2,16(20)6-5-14(13)12-20)8-4-9-19(15,3)17(21)22/h11,14-16H,4-10,12H2,1-3H3,(H,21,22). The molecular formula is C20H30O2. The Morgan fingerprint density at radius 1 is 1.14 bits per heavy atom. The van der Waals surface area contributed by atoms with Crippen molar-refractivity contribution in [2.45, 2.75) is 72.1 Å². The topological polar surface area (TPSA) is 37.3 Å². The predicted octanol–water partition coefficient (Wildman–Crippen LogP) is 5.04. The third-order valence-corrected chi connectivity index (χ3v) is 8.44. The van der Waals surface area contributed by atoms with Crippen molar-refractivity contribution in [1.29, 1.82) is 0 Å². The number of hydrogen-bond acceptors (Lipinski definition) is 1. The summed E-state index contributed by atoms with van der Waals surface area (Å²) >= 11 is 0. The molecule has 2 nitrogen and oxygen atoms in total. The lowest BCUT2D eigenvalue weighted by atomic mass is 9.41. The van der Waals surface area contributed by atoms with E-state index in [0.717, 1.165) is 25.2 Å². The number of hydrogen-bond donors (Lipinski definition) is 1. The van der Waals surface area contributed by atoms with Gasteiger partial charge >= 0.3 is 5.97 Å². The van der Waals surface area contributed by atoms with Crippen LogP contribution in [-0.4, -0.2) is 11.1 Å². The van der Waals surface area contributed by atoms with E-state index in [4.69, 9.17) is 0 Å². The quantitative estimate of drug-likeness (QED) is 0.689. The molecule has 6 unspecified atom stereocenters. The van der Waals surface area contributed by atoms with Crippen LogP contribution < -0.4 is 0 Å². The molecule has 0 heterocycles. The summed E-state index contributed by atoms with van der Waals surface area (Å²) in [5.74, 6) is 1.36. The average Bonchev–Trinajstić information content (AvgIpc) is 2.68. The summed E-state index contributed by atoms with van der Waals surface area (Å²) in [6.45, 7) is 6.82. The van der Waals surface area contributed by atoms with Crippen molar-refractivity contribution in [2.75, 3.05) is 0 Å². The van der Waals surface area contributed by atoms with Crippen LogP contribution in [0, 0.1) is 34.0 Å². The Balaban J connectivity index is 1.77. The number of carboxylic acids is 1. The minimum atomic E-state index is -0.550. The van der Waals surface area contributed by atoms with Crippen molar-refractivity contribution in [3.63, 3.8) is 0 Å². The van der Waals surface area contributed by atoms with E-state index >= 15 is 0 Å². The fourth-order valence-corrected chi connectivity index (χ4v) is 7.46. The largest absolute Gasteiger partial charge is 0.481 e. The van der Waals surface area contributed by atoms with Gasteiger partial charge in [0.05, 0.1) is 5.41 Å². The summed E-state index contributed by atoms with van der Waals surface area (Å²) in [5.41, 5.74) is 1.77. The Morgan fingerprint density at radius 3 is 2.64 bits per heavy atom. The lowest BCUT2D eigenvalue weighted by Gasteiger charge is -2.63. The zero-order valence-corrected chi connectivity index (χ0v) is 14.3. The summed E-state index contributed by atoms with van der Waals surface area (Å²) in [5, 5.41) is 9.91. The van der Waals surface area contributed by atoms with Gasteiger partial charge in [-0.15, -0.1) is 0 Å². The Labute approximate surface area is 134 Å².